The number of Topliss-reactive ketones (excluding diaryl/α,β-unsaturated/α-hetero) is 1. The van der Waals surface area contributed by atoms with Crippen molar-refractivity contribution in [1.82, 2.24) is 4.31 Å². The molecule has 192 valence electrons. The Morgan fingerprint density at radius 3 is 2.57 bits per heavy atom. The van der Waals surface area contributed by atoms with Crippen LogP contribution in [-0.2, 0) is 27.6 Å². The van der Waals surface area contributed by atoms with Gasteiger partial charge in [0, 0.05) is 19.0 Å². The molecule has 2 atom stereocenters. The molecule has 1 saturated heterocycles. The van der Waals surface area contributed by atoms with Crippen molar-refractivity contribution in [1.29, 1.82) is 0 Å². The van der Waals surface area contributed by atoms with Gasteiger partial charge in [0.05, 0.1) is 16.9 Å². The second-order valence-electron chi connectivity index (χ2n) is 10.2. The highest BCUT2D eigenvalue weighted by Crippen LogP contribution is 2.51. The van der Waals surface area contributed by atoms with Crippen LogP contribution in [0.4, 0.5) is 0 Å². The van der Waals surface area contributed by atoms with E-state index in [-0.39, 0.29) is 25.2 Å². The molecule has 6 rings (SSSR count). The average Bonchev–Trinajstić information content (AvgIpc) is 3.63. The number of aliphatic hydroxyl groups is 1. The number of ketones is 1. The third-order valence-corrected chi connectivity index (χ3v) is 9.47. The number of carbonyl (C=O) groups excluding carboxylic acids is 1. The molecule has 1 aliphatic carbocycles. The number of piperidine rings is 1. The molecule has 2 unspecified atom stereocenters. The van der Waals surface area contributed by atoms with Gasteiger partial charge >= 0.3 is 0 Å². The van der Waals surface area contributed by atoms with Crippen LogP contribution in [0.1, 0.15) is 43.2 Å². The minimum atomic E-state index is -1.29. The molecule has 7 heteroatoms. The van der Waals surface area contributed by atoms with E-state index in [9.17, 15) is 14.1 Å². The highest BCUT2D eigenvalue weighted by Gasteiger charge is 2.50. The Hall–Kier alpha value is -3.00. The highest BCUT2D eigenvalue weighted by molar-refractivity contribution is 7.82. The molecule has 2 fully saturated rings. The SMILES string of the molecule is O=C(Cc1cccc(-c2ccc(S(=O)N3CCCCC3CO)cc2)c1)C1(c2ccc3c(c2)OCO3)CC1. The molecule has 1 saturated carbocycles. The number of ether oxygens (including phenoxy) is 2. The fourth-order valence-electron chi connectivity index (χ4n) is 5.54. The van der Waals surface area contributed by atoms with Crippen LogP contribution >= 0.6 is 0 Å². The van der Waals surface area contributed by atoms with E-state index in [1.165, 1.54) is 0 Å². The molecule has 6 nitrogen and oxygen atoms in total. The molecule has 2 heterocycles. The zero-order chi connectivity index (χ0) is 25.4. The largest absolute Gasteiger partial charge is 0.454 e. The fourth-order valence-corrected chi connectivity index (χ4v) is 6.91. The van der Waals surface area contributed by atoms with Crippen LogP contribution in [0.15, 0.2) is 71.6 Å². The maximum Gasteiger partial charge on any atom is 0.231 e. The van der Waals surface area contributed by atoms with Crippen molar-refractivity contribution in [2.45, 2.75) is 54.9 Å². The number of nitrogens with zero attached hydrogens (tertiary/aromatic N) is 1. The van der Waals surface area contributed by atoms with Gasteiger partial charge in [-0.15, -0.1) is 0 Å². The molecule has 0 aromatic heterocycles. The standard InChI is InChI=1S/C30H31NO5S/c32-19-25-6-1-2-15-31(25)37(34)26-10-7-22(8-11-26)23-5-3-4-21(16-23)17-29(33)30(13-14-30)24-9-12-27-28(18-24)36-20-35-27/h3-5,7-12,16,18,25,32H,1-2,6,13-15,17,19-20H2. The van der Waals surface area contributed by atoms with E-state index in [1.54, 1.807) is 0 Å². The van der Waals surface area contributed by atoms with Crippen LogP contribution in [0.5, 0.6) is 11.5 Å². The molecule has 0 amide bonds. The highest BCUT2D eigenvalue weighted by atomic mass is 32.2. The van der Waals surface area contributed by atoms with Gasteiger partial charge in [0.2, 0.25) is 6.79 Å². The molecular weight excluding hydrogens is 486 g/mol. The zero-order valence-electron chi connectivity index (χ0n) is 20.7. The van der Waals surface area contributed by atoms with E-state index in [2.05, 4.69) is 6.07 Å². The van der Waals surface area contributed by atoms with Crippen LogP contribution in [0.2, 0.25) is 0 Å². The number of benzene rings is 3. The van der Waals surface area contributed by atoms with Crippen LogP contribution in [0.25, 0.3) is 11.1 Å². The number of aliphatic hydroxyl groups excluding tert-OH is 1. The quantitative estimate of drug-likeness (QED) is 0.465. The normalized spacial score (nSPS) is 20.9. The summed E-state index contributed by atoms with van der Waals surface area (Å²) in [6.07, 6.45) is 5.04. The lowest BCUT2D eigenvalue weighted by molar-refractivity contribution is -0.120. The van der Waals surface area contributed by atoms with Crippen LogP contribution in [-0.4, -0.2) is 45.4 Å². The Bertz CT molecular complexity index is 1330. The smallest absolute Gasteiger partial charge is 0.231 e. The summed E-state index contributed by atoms with van der Waals surface area (Å²) in [5, 5.41) is 9.68. The number of fused-ring (bicyclic) bond motifs is 1. The Balaban J connectivity index is 1.16. The Kier molecular flexibility index (Phi) is 6.61. The summed E-state index contributed by atoms with van der Waals surface area (Å²) in [6.45, 7) is 1.000. The maximum atomic E-state index is 13.4. The third-order valence-electron chi connectivity index (χ3n) is 7.89. The van der Waals surface area contributed by atoms with Crippen molar-refractivity contribution in [3.8, 4) is 22.6 Å². The lowest BCUT2D eigenvalue weighted by Crippen LogP contribution is -2.42. The summed E-state index contributed by atoms with van der Waals surface area (Å²) >= 11 is 0. The van der Waals surface area contributed by atoms with E-state index < -0.39 is 16.4 Å². The second kappa shape index (κ2) is 10.0. The maximum absolute atomic E-state index is 13.4. The monoisotopic (exact) mass is 517 g/mol. The van der Waals surface area contributed by atoms with Crippen molar-refractivity contribution < 1.29 is 23.6 Å². The van der Waals surface area contributed by atoms with Crippen LogP contribution in [0, 0.1) is 0 Å². The summed E-state index contributed by atoms with van der Waals surface area (Å²) < 4.78 is 26.0. The van der Waals surface area contributed by atoms with Gasteiger partial charge in [0.15, 0.2) is 11.5 Å². The van der Waals surface area contributed by atoms with Gasteiger partial charge < -0.3 is 14.6 Å². The van der Waals surface area contributed by atoms with E-state index in [4.69, 9.17) is 9.47 Å². The summed E-state index contributed by atoms with van der Waals surface area (Å²) in [7, 11) is -1.29. The van der Waals surface area contributed by atoms with Gasteiger partial charge in [-0.2, -0.15) is 0 Å². The first-order valence-corrected chi connectivity index (χ1v) is 14.1. The lowest BCUT2D eigenvalue weighted by atomic mass is 9.87. The van der Waals surface area contributed by atoms with E-state index >= 15 is 0 Å². The van der Waals surface area contributed by atoms with Gasteiger partial charge in [-0.1, -0.05) is 48.9 Å². The Morgan fingerprint density at radius 2 is 1.78 bits per heavy atom. The zero-order valence-corrected chi connectivity index (χ0v) is 21.5. The molecule has 37 heavy (non-hydrogen) atoms. The van der Waals surface area contributed by atoms with Crippen molar-refractivity contribution in [3.05, 3.63) is 77.9 Å². The molecule has 1 N–H and O–H groups in total. The summed E-state index contributed by atoms with van der Waals surface area (Å²) in [5.41, 5.74) is 3.62. The Labute approximate surface area is 219 Å². The fraction of sp³-hybridized carbons (Fsp3) is 0.367. The summed E-state index contributed by atoms with van der Waals surface area (Å²) in [6, 6.07) is 21.7. The van der Waals surface area contributed by atoms with Crippen LogP contribution < -0.4 is 9.47 Å². The molecule has 3 aliphatic rings. The minimum Gasteiger partial charge on any atom is -0.454 e. The topological polar surface area (TPSA) is 76.1 Å². The number of rotatable bonds is 8. The first-order valence-electron chi connectivity index (χ1n) is 13.0. The molecule has 2 aliphatic heterocycles. The minimum absolute atomic E-state index is 0.0330. The summed E-state index contributed by atoms with van der Waals surface area (Å²) in [4.78, 5) is 14.2. The molecule has 3 aromatic carbocycles. The van der Waals surface area contributed by atoms with Gasteiger partial charge in [0.25, 0.3) is 0 Å². The predicted octanol–water partition coefficient (Wildman–Crippen LogP) is 4.80. The van der Waals surface area contributed by atoms with Gasteiger partial charge in [0.1, 0.15) is 16.8 Å². The van der Waals surface area contributed by atoms with Gasteiger partial charge in [-0.05, 0) is 72.2 Å². The van der Waals surface area contributed by atoms with Crippen LogP contribution in [0.3, 0.4) is 0 Å². The van der Waals surface area contributed by atoms with Crippen molar-refractivity contribution in [3.63, 3.8) is 0 Å². The van der Waals surface area contributed by atoms with Gasteiger partial charge in [-0.25, -0.2) is 8.51 Å². The average molecular weight is 518 g/mol. The van der Waals surface area contributed by atoms with E-state index in [1.807, 2.05) is 65.0 Å². The predicted molar refractivity (Wildman–Crippen MR) is 142 cm³/mol. The van der Waals surface area contributed by atoms with Crippen molar-refractivity contribution >= 4 is 16.8 Å². The number of hydrogen-bond donors (Lipinski definition) is 1. The molecular formula is C30H31NO5S. The lowest BCUT2D eigenvalue weighted by Gasteiger charge is -2.33. The van der Waals surface area contributed by atoms with Gasteiger partial charge in [-0.3, -0.25) is 4.79 Å². The number of hydrogen-bond acceptors (Lipinski definition) is 5. The second-order valence-corrected chi connectivity index (χ2v) is 11.6. The first-order chi connectivity index (χ1) is 18.1. The molecule has 0 radical (unpaired) electrons. The van der Waals surface area contributed by atoms with E-state index in [0.717, 1.165) is 77.3 Å². The number of carbonyl (C=O) groups is 1. The van der Waals surface area contributed by atoms with E-state index in [0.29, 0.717) is 6.42 Å². The summed E-state index contributed by atoms with van der Waals surface area (Å²) in [5.74, 6) is 1.68. The Morgan fingerprint density at radius 1 is 0.973 bits per heavy atom. The van der Waals surface area contributed by atoms with Crippen molar-refractivity contribution in [2.24, 2.45) is 0 Å². The molecule has 3 aromatic rings. The third kappa shape index (κ3) is 4.72. The van der Waals surface area contributed by atoms with Crippen molar-refractivity contribution in [2.75, 3.05) is 19.9 Å². The molecule has 0 spiro atoms. The first kappa shape index (κ1) is 24.3. The molecule has 0 bridgehead atoms.